The number of hydrogen-bond donors (Lipinski definition) is 5. The summed E-state index contributed by atoms with van der Waals surface area (Å²) < 4.78 is 5.48. The minimum atomic E-state index is -1.46. The number of carbonyl (C=O) groups is 3. The number of para-hydroxylation sites is 1. The lowest BCUT2D eigenvalue weighted by molar-refractivity contribution is -0.134. The smallest absolute Gasteiger partial charge is 0.534 e. The van der Waals surface area contributed by atoms with Gasteiger partial charge in [0.15, 0.2) is 5.13 Å². The standard InChI is InChI=1S/C21H26BN7O6S/c1-2-28-6-7-29(9-15(28)30)21(33)27-16(13-10-36-20(24)25-13)18(23)26-14-8-11-4-3-5-12(19(31)32)17(11)35-22(14)34/h3-5,10,14,16,34H,2,6-9H2,1H3,(H2,23,26)(H2,24,25)(H,27,33)(H,31,32)/t14-,16?/m0/s1. The number of aliphatic imine (C=N–C) groups is 1. The van der Waals surface area contributed by atoms with Gasteiger partial charge in [0, 0.05) is 25.0 Å². The first-order valence-electron chi connectivity index (χ1n) is 11.2. The molecule has 2 aliphatic heterocycles. The van der Waals surface area contributed by atoms with Crippen molar-refractivity contribution < 1.29 is 29.2 Å². The molecule has 2 atom stereocenters. The molecule has 15 heteroatoms. The predicted molar refractivity (Wildman–Crippen MR) is 133 cm³/mol. The average Bonchev–Trinajstić information content (AvgIpc) is 3.27. The molecule has 3 amide bonds. The number of carbonyl (C=O) groups excluding carboxylic acids is 2. The summed E-state index contributed by atoms with van der Waals surface area (Å²) in [7, 11) is -1.46. The van der Waals surface area contributed by atoms with Gasteiger partial charge in [-0.3, -0.25) is 9.79 Å². The topological polar surface area (TPSA) is 197 Å². The summed E-state index contributed by atoms with van der Waals surface area (Å²) in [5.74, 6) is -2.18. The SMILES string of the molecule is CCN1CCN(C(=O)NC(/C(N)=N/[C@H]2Cc3cccc(C(=O)O)c3OB2O)c2csc(N)n2)CC1=O. The number of amidine groups is 1. The number of aromatic carboxylic acids is 1. The number of nitrogen functional groups attached to an aromatic ring is 1. The van der Waals surface area contributed by atoms with Gasteiger partial charge in [0.25, 0.3) is 0 Å². The van der Waals surface area contributed by atoms with Crippen LogP contribution in [0.1, 0.15) is 34.6 Å². The Hall–Kier alpha value is -3.85. The zero-order valence-corrected chi connectivity index (χ0v) is 20.3. The Kier molecular flexibility index (Phi) is 7.31. The van der Waals surface area contributed by atoms with Gasteiger partial charge in [-0.05, 0) is 25.0 Å². The van der Waals surface area contributed by atoms with E-state index >= 15 is 0 Å². The van der Waals surface area contributed by atoms with E-state index < -0.39 is 31.1 Å². The predicted octanol–water partition coefficient (Wildman–Crippen LogP) is -0.281. The minimum absolute atomic E-state index is 0.0577. The third kappa shape index (κ3) is 5.21. The molecule has 2 aliphatic rings. The number of benzene rings is 1. The molecule has 0 spiro atoms. The number of carboxylic acids is 1. The summed E-state index contributed by atoms with van der Waals surface area (Å²) in [6.45, 7) is 3.14. The van der Waals surface area contributed by atoms with E-state index in [-0.39, 0.29) is 41.2 Å². The molecule has 13 nitrogen and oxygen atoms in total. The normalized spacial score (nSPS) is 18.9. The van der Waals surface area contributed by atoms with E-state index in [9.17, 15) is 24.5 Å². The average molecular weight is 515 g/mol. The zero-order chi connectivity index (χ0) is 26.0. The summed E-state index contributed by atoms with van der Waals surface area (Å²) in [4.78, 5) is 48.4. The van der Waals surface area contributed by atoms with E-state index in [0.717, 1.165) is 11.3 Å². The summed E-state index contributed by atoms with van der Waals surface area (Å²) >= 11 is 1.16. The lowest BCUT2D eigenvalue weighted by Crippen LogP contribution is -2.55. The Bertz CT molecular complexity index is 1210. The second-order valence-corrected chi connectivity index (χ2v) is 9.21. The highest BCUT2D eigenvalue weighted by Gasteiger charge is 2.38. The highest BCUT2D eigenvalue weighted by molar-refractivity contribution is 7.13. The highest BCUT2D eigenvalue weighted by atomic mass is 32.1. The van der Waals surface area contributed by atoms with Gasteiger partial charge < -0.3 is 41.4 Å². The quantitative estimate of drug-likeness (QED) is 0.195. The van der Waals surface area contributed by atoms with Gasteiger partial charge in [-0.25, -0.2) is 14.6 Å². The van der Waals surface area contributed by atoms with Crippen LogP contribution in [-0.2, 0) is 11.2 Å². The van der Waals surface area contributed by atoms with Crippen molar-refractivity contribution in [1.82, 2.24) is 20.1 Å². The van der Waals surface area contributed by atoms with E-state index in [1.165, 1.54) is 11.0 Å². The Morgan fingerprint density at radius 1 is 1.42 bits per heavy atom. The molecule has 190 valence electrons. The van der Waals surface area contributed by atoms with E-state index in [0.29, 0.717) is 30.9 Å². The number of thiazole rings is 1. The second-order valence-electron chi connectivity index (χ2n) is 8.32. The number of fused-ring (bicyclic) bond motifs is 1. The third-order valence-corrected chi connectivity index (χ3v) is 6.72. The zero-order valence-electron chi connectivity index (χ0n) is 19.5. The van der Waals surface area contributed by atoms with Crippen LogP contribution in [0.4, 0.5) is 9.93 Å². The Morgan fingerprint density at radius 2 is 2.19 bits per heavy atom. The van der Waals surface area contributed by atoms with Gasteiger partial charge in [0.05, 0.1) is 11.3 Å². The van der Waals surface area contributed by atoms with Gasteiger partial charge in [-0.15, -0.1) is 11.3 Å². The third-order valence-electron chi connectivity index (χ3n) is 6.03. The fraction of sp³-hybridized carbons (Fsp3) is 0.381. The van der Waals surface area contributed by atoms with Crippen LogP contribution in [0, 0.1) is 0 Å². The Morgan fingerprint density at radius 3 is 2.83 bits per heavy atom. The van der Waals surface area contributed by atoms with Crippen LogP contribution >= 0.6 is 11.3 Å². The van der Waals surface area contributed by atoms with E-state index in [1.807, 2.05) is 6.92 Å². The summed E-state index contributed by atoms with van der Waals surface area (Å²) in [5.41, 5.74) is 12.9. The van der Waals surface area contributed by atoms with Crippen molar-refractivity contribution in [3.8, 4) is 5.75 Å². The van der Waals surface area contributed by atoms with Crippen molar-refractivity contribution in [2.75, 3.05) is 31.9 Å². The molecule has 0 saturated carbocycles. The number of amides is 3. The van der Waals surface area contributed by atoms with Crippen LogP contribution in [0.25, 0.3) is 0 Å². The number of urea groups is 1. The number of anilines is 1. The molecule has 1 aromatic heterocycles. The summed E-state index contributed by atoms with van der Waals surface area (Å²) in [6, 6.07) is 3.14. The monoisotopic (exact) mass is 515 g/mol. The van der Waals surface area contributed by atoms with Gasteiger partial charge in [0.1, 0.15) is 30.1 Å². The maximum absolute atomic E-state index is 13.0. The summed E-state index contributed by atoms with van der Waals surface area (Å²) in [5, 5.41) is 24.6. The molecule has 0 aliphatic carbocycles. The molecule has 1 fully saturated rings. The van der Waals surface area contributed by atoms with Crippen molar-refractivity contribution in [3.63, 3.8) is 0 Å². The summed E-state index contributed by atoms with van der Waals surface area (Å²) in [6.07, 6.45) is 0.158. The second kappa shape index (κ2) is 10.4. The largest absolute Gasteiger partial charge is 0.549 e. The van der Waals surface area contributed by atoms with Crippen LogP contribution in [-0.4, -0.2) is 87.9 Å². The number of rotatable bonds is 6. The lowest BCUT2D eigenvalue weighted by atomic mass is 9.72. The number of piperazine rings is 1. The first-order chi connectivity index (χ1) is 17.2. The van der Waals surface area contributed by atoms with Crippen molar-refractivity contribution >= 4 is 47.3 Å². The van der Waals surface area contributed by atoms with E-state index in [1.54, 1.807) is 22.4 Å². The fourth-order valence-corrected chi connectivity index (χ4v) is 4.71. The number of aromatic nitrogens is 1. The molecule has 3 heterocycles. The van der Waals surface area contributed by atoms with Crippen molar-refractivity contribution in [1.29, 1.82) is 0 Å². The number of nitrogens with two attached hydrogens (primary N) is 2. The molecule has 1 aromatic carbocycles. The van der Waals surface area contributed by atoms with Gasteiger partial charge >= 0.3 is 19.1 Å². The molecule has 7 N–H and O–H groups in total. The first kappa shape index (κ1) is 25.3. The molecule has 2 aromatic rings. The number of carboxylic acid groups (broad SMARTS) is 1. The minimum Gasteiger partial charge on any atom is -0.534 e. The molecule has 0 radical (unpaired) electrons. The number of nitrogens with one attached hydrogen (secondary N) is 1. The highest BCUT2D eigenvalue weighted by Crippen LogP contribution is 2.31. The van der Waals surface area contributed by atoms with E-state index in [4.69, 9.17) is 16.1 Å². The lowest BCUT2D eigenvalue weighted by Gasteiger charge is -2.34. The first-order valence-corrected chi connectivity index (χ1v) is 12.1. The molecule has 1 saturated heterocycles. The van der Waals surface area contributed by atoms with Gasteiger partial charge in [-0.2, -0.15) is 0 Å². The van der Waals surface area contributed by atoms with Gasteiger partial charge in [-0.1, -0.05) is 12.1 Å². The Labute approximate surface area is 210 Å². The van der Waals surface area contributed by atoms with Crippen molar-refractivity contribution in [2.45, 2.75) is 25.3 Å². The fourth-order valence-electron chi connectivity index (χ4n) is 4.12. The number of hydrogen-bond acceptors (Lipinski definition) is 9. The number of nitrogens with zero attached hydrogens (tertiary/aromatic N) is 4. The van der Waals surface area contributed by atoms with E-state index in [2.05, 4.69) is 15.3 Å². The molecule has 4 rings (SSSR count). The maximum atomic E-state index is 13.0. The number of likely N-dealkylation sites (N-methyl/N-ethyl adjacent to an activating group) is 1. The Balaban J connectivity index is 1.56. The molecular formula is C21H26BN7O6S. The van der Waals surface area contributed by atoms with Crippen LogP contribution < -0.4 is 21.4 Å². The molecule has 1 unspecified atom stereocenters. The van der Waals surface area contributed by atoms with Crippen LogP contribution in [0.2, 0.25) is 0 Å². The van der Waals surface area contributed by atoms with Crippen LogP contribution in [0.5, 0.6) is 5.75 Å². The molecular weight excluding hydrogens is 489 g/mol. The molecule has 36 heavy (non-hydrogen) atoms. The van der Waals surface area contributed by atoms with Crippen molar-refractivity contribution in [3.05, 3.63) is 40.4 Å². The van der Waals surface area contributed by atoms with Crippen molar-refractivity contribution in [2.24, 2.45) is 10.7 Å². The van der Waals surface area contributed by atoms with Crippen LogP contribution in [0.15, 0.2) is 28.6 Å². The van der Waals surface area contributed by atoms with Gasteiger partial charge in [0.2, 0.25) is 5.91 Å². The maximum Gasteiger partial charge on any atom is 0.549 e. The molecule has 0 bridgehead atoms. The van der Waals surface area contributed by atoms with Crippen LogP contribution in [0.3, 0.4) is 0 Å².